The van der Waals surface area contributed by atoms with Crippen molar-refractivity contribution in [2.75, 3.05) is 16.2 Å². The van der Waals surface area contributed by atoms with Crippen molar-refractivity contribution in [2.24, 2.45) is 0 Å². The van der Waals surface area contributed by atoms with E-state index in [1.165, 1.54) is 54.6 Å². The Morgan fingerprint density at radius 2 is 1.71 bits per heavy atom. The highest BCUT2D eigenvalue weighted by molar-refractivity contribution is 9.10. The summed E-state index contributed by atoms with van der Waals surface area (Å²) in [6.07, 6.45) is 0. The minimum absolute atomic E-state index is 0.157. The van der Waals surface area contributed by atoms with Crippen molar-refractivity contribution in [3.8, 4) is 0 Å². The van der Waals surface area contributed by atoms with Gasteiger partial charge in [0.25, 0.3) is 15.7 Å². The Labute approximate surface area is 185 Å². The van der Waals surface area contributed by atoms with Crippen molar-refractivity contribution in [3.05, 3.63) is 93.2 Å². The van der Waals surface area contributed by atoms with Crippen LogP contribution in [0.4, 0.5) is 21.5 Å². The van der Waals surface area contributed by atoms with Gasteiger partial charge in [-0.05, 0) is 36.4 Å². The number of carbonyl (C=O) groups excluding carboxylic acids is 1. The second-order valence-electron chi connectivity index (χ2n) is 6.24. The number of anilines is 2. The number of sulfonamides is 1. The van der Waals surface area contributed by atoms with Crippen LogP contribution in [0.5, 0.6) is 0 Å². The molecule has 0 bridgehead atoms. The lowest BCUT2D eigenvalue weighted by Gasteiger charge is -2.23. The summed E-state index contributed by atoms with van der Waals surface area (Å²) in [5.41, 5.74) is -0.944. The van der Waals surface area contributed by atoms with E-state index in [4.69, 9.17) is 0 Å². The number of amides is 1. The minimum Gasteiger partial charge on any atom is -0.322 e. The van der Waals surface area contributed by atoms with Gasteiger partial charge in [0.2, 0.25) is 5.91 Å². The molecule has 3 aromatic rings. The Morgan fingerprint density at radius 3 is 2.35 bits per heavy atom. The van der Waals surface area contributed by atoms with Crippen molar-refractivity contribution < 1.29 is 22.5 Å². The molecule has 0 heterocycles. The number of rotatable bonds is 7. The van der Waals surface area contributed by atoms with Crippen LogP contribution in [0.25, 0.3) is 0 Å². The first-order valence-corrected chi connectivity index (χ1v) is 11.0. The van der Waals surface area contributed by atoms with Crippen LogP contribution >= 0.6 is 15.9 Å². The van der Waals surface area contributed by atoms with E-state index in [-0.39, 0.29) is 16.3 Å². The number of halogens is 2. The molecule has 0 radical (unpaired) electrons. The summed E-state index contributed by atoms with van der Waals surface area (Å²) >= 11 is 3.10. The van der Waals surface area contributed by atoms with Gasteiger partial charge in [0, 0.05) is 10.5 Å². The lowest BCUT2D eigenvalue weighted by atomic mass is 10.2. The zero-order valence-corrected chi connectivity index (χ0v) is 18.1. The van der Waals surface area contributed by atoms with Crippen LogP contribution in [-0.4, -0.2) is 25.8 Å². The Hall–Kier alpha value is -3.31. The number of nitrogens with one attached hydrogen (secondary N) is 1. The first-order chi connectivity index (χ1) is 14.7. The van der Waals surface area contributed by atoms with E-state index in [2.05, 4.69) is 21.2 Å². The highest BCUT2D eigenvalue weighted by atomic mass is 79.9. The van der Waals surface area contributed by atoms with Gasteiger partial charge in [-0.15, -0.1) is 0 Å². The monoisotopic (exact) mass is 507 g/mol. The largest absolute Gasteiger partial charge is 0.322 e. The normalized spacial score (nSPS) is 11.0. The lowest BCUT2D eigenvalue weighted by Crippen LogP contribution is -2.38. The van der Waals surface area contributed by atoms with Crippen LogP contribution in [0.3, 0.4) is 0 Å². The summed E-state index contributed by atoms with van der Waals surface area (Å²) < 4.78 is 41.7. The molecule has 0 aliphatic carbocycles. The molecule has 0 aromatic heterocycles. The second kappa shape index (κ2) is 9.23. The number of nitro groups is 1. The van der Waals surface area contributed by atoms with Gasteiger partial charge < -0.3 is 5.32 Å². The Balaban J connectivity index is 2.03. The van der Waals surface area contributed by atoms with E-state index in [0.29, 0.717) is 8.78 Å². The van der Waals surface area contributed by atoms with Gasteiger partial charge >= 0.3 is 0 Å². The van der Waals surface area contributed by atoms with E-state index in [0.717, 1.165) is 12.1 Å². The Kier molecular flexibility index (Phi) is 6.66. The zero-order chi connectivity index (χ0) is 22.6. The summed E-state index contributed by atoms with van der Waals surface area (Å²) in [5.74, 6) is -1.61. The second-order valence-corrected chi connectivity index (χ2v) is 9.02. The first kappa shape index (κ1) is 22.4. The predicted octanol–water partition coefficient (Wildman–Crippen LogP) is 4.33. The van der Waals surface area contributed by atoms with Gasteiger partial charge in [-0.1, -0.05) is 46.3 Å². The molecule has 160 valence electrons. The van der Waals surface area contributed by atoms with Crippen LogP contribution in [0, 0.1) is 15.9 Å². The van der Waals surface area contributed by atoms with Crippen molar-refractivity contribution in [2.45, 2.75) is 4.90 Å². The summed E-state index contributed by atoms with van der Waals surface area (Å²) in [6.45, 7) is -0.808. The summed E-state index contributed by atoms with van der Waals surface area (Å²) in [4.78, 5) is 23.2. The number of benzene rings is 3. The molecule has 3 rings (SSSR count). The molecule has 0 spiro atoms. The molecule has 0 saturated carbocycles. The molecule has 31 heavy (non-hydrogen) atoms. The SMILES string of the molecule is O=C(CN(c1ccccc1[N+](=O)[O-])S(=O)(=O)c1ccccc1)Nc1ccc(Br)cc1F. The highest BCUT2D eigenvalue weighted by Crippen LogP contribution is 2.32. The third-order valence-corrected chi connectivity index (χ3v) is 6.44. The molecule has 0 unspecified atom stereocenters. The van der Waals surface area contributed by atoms with Crippen molar-refractivity contribution in [1.29, 1.82) is 0 Å². The van der Waals surface area contributed by atoms with E-state index in [1.54, 1.807) is 6.07 Å². The molecule has 1 amide bonds. The predicted molar refractivity (Wildman–Crippen MR) is 117 cm³/mol. The fraction of sp³-hybridized carbons (Fsp3) is 0.0500. The van der Waals surface area contributed by atoms with Gasteiger partial charge in [-0.2, -0.15) is 0 Å². The Bertz CT molecular complexity index is 1240. The molecule has 0 aliphatic rings. The van der Waals surface area contributed by atoms with Crippen molar-refractivity contribution in [3.63, 3.8) is 0 Å². The number of para-hydroxylation sites is 2. The molecule has 0 saturated heterocycles. The van der Waals surface area contributed by atoms with Gasteiger partial charge in [0.05, 0.1) is 15.5 Å². The number of hydrogen-bond acceptors (Lipinski definition) is 5. The zero-order valence-electron chi connectivity index (χ0n) is 15.7. The van der Waals surface area contributed by atoms with E-state index >= 15 is 0 Å². The van der Waals surface area contributed by atoms with Crippen molar-refractivity contribution >= 4 is 48.9 Å². The van der Waals surface area contributed by atoms with Gasteiger partial charge in [-0.3, -0.25) is 14.9 Å². The highest BCUT2D eigenvalue weighted by Gasteiger charge is 2.32. The van der Waals surface area contributed by atoms with Gasteiger partial charge in [0.15, 0.2) is 0 Å². The molecule has 3 aromatic carbocycles. The first-order valence-electron chi connectivity index (χ1n) is 8.76. The molecule has 11 heteroatoms. The molecule has 8 nitrogen and oxygen atoms in total. The van der Waals surface area contributed by atoms with Crippen LogP contribution in [0.2, 0.25) is 0 Å². The average molecular weight is 508 g/mol. The maximum atomic E-state index is 14.1. The number of hydrogen-bond donors (Lipinski definition) is 1. The Morgan fingerprint density at radius 1 is 1.06 bits per heavy atom. The lowest BCUT2D eigenvalue weighted by molar-refractivity contribution is -0.384. The molecule has 0 atom stereocenters. The van der Waals surface area contributed by atoms with Crippen LogP contribution < -0.4 is 9.62 Å². The smallest absolute Gasteiger partial charge is 0.293 e. The standard InChI is InChI=1S/C20H15BrFN3O5S/c21-14-10-11-17(16(22)12-14)23-20(26)13-24(18-8-4-5-9-19(18)25(27)28)31(29,30)15-6-2-1-3-7-15/h1-12H,13H2,(H,23,26). The quantitative estimate of drug-likeness (QED) is 0.378. The molecule has 1 N–H and O–H groups in total. The van der Waals surface area contributed by atoms with E-state index in [1.807, 2.05) is 0 Å². The fourth-order valence-corrected chi connectivity index (χ4v) is 4.55. The fourth-order valence-electron chi connectivity index (χ4n) is 2.76. The molecular formula is C20H15BrFN3O5S. The van der Waals surface area contributed by atoms with Gasteiger partial charge in [-0.25, -0.2) is 17.1 Å². The van der Waals surface area contributed by atoms with Crippen LogP contribution in [0.1, 0.15) is 0 Å². The number of nitrogens with zero attached hydrogens (tertiary/aromatic N) is 2. The van der Waals surface area contributed by atoms with E-state index in [9.17, 15) is 27.7 Å². The maximum absolute atomic E-state index is 14.1. The maximum Gasteiger partial charge on any atom is 0.293 e. The third kappa shape index (κ3) is 5.06. The summed E-state index contributed by atoms with van der Waals surface area (Å²) in [5, 5.41) is 13.8. The molecular weight excluding hydrogens is 493 g/mol. The van der Waals surface area contributed by atoms with Crippen LogP contribution in [-0.2, 0) is 14.8 Å². The summed E-state index contributed by atoms with van der Waals surface area (Å²) in [6, 6.07) is 16.3. The number of nitro benzene ring substituents is 1. The summed E-state index contributed by atoms with van der Waals surface area (Å²) in [7, 11) is -4.35. The average Bonchev–Trinajstić information content (AvgIpc) is 2.74. The molecule has 0 aliphatic heterocycles. The van der Waals surface area contributed by atoms with Crippen molar-refractivity contribution in [1.82, 2.24) is 0 Å². The third-order valence-electron chi connectivity index (χ3n) is 4.17. The molecule has 0 fully saturated rings. The van der Waals surface area contributed by atoms with Crippen LogP contribution in [0.15, 0.2) is 82.2 Å². The van der Waals surface area contributed by atoms with E-state index < -0.39 is 38.9 Å². The topological polar surface area (TPSA) is 110 Å². The number of carbonyl (C=O) groups is 1. The van der Waals surface area contributed by atoms with Gasteiger partial charge in [0.1, 0.15) is 18.0 Å². The minimum atomic E-state index is -4.35.